The van der Waals surface area contributed by atoms with E-state index < -0.39 is 29.3 Å². The van der Waals surface area contributed by atoms with Crippen LogP contribution in [0.15, 0.2) is 36.4 Å². The van der Waals surface area contributed by atoms with Crippen molar-refractivity contribution in [2.24, 2.45) is 0 Å². The first-order chi connectivity index (χ1) is 9.02. The van der Waals surface area contributed by atoms with E-state index in [4.69, 9.17) is 0 Å². The van der Waals surface area contributed by atoms with Crippen molar-refractivity contribution in [3.8, 4) is 0 Å². The summed E-state index contributed by atoms with van der Waals surface area (Å²) in [4.78, 5) is 0. The largest absolute Gasteiger partial charge is 0.309 e. The van der Waals surface area contributed by atoms with E-state index in [1.165, 1.54) is 12.1 Å². The molecule has 5 heteroatoms. The highest BCUT2D eigenvalue weighted by molar-refractivity contribution is 5.32. The topological polar surface area (TPSA) is 12.0 Å². The first kappa shape index (κ1) is 13.5. The fourth-order valence-corrected chi connectivity index (χ4v) is 1.91. The number of hydrogen-bond acceptors (Lipinski definition) is 1. The van der Waals surface area contributed by atoms with Gasteiger partial charge in [0, 0.05) is 0 Å². The van der Waals surface area contributed by atoms with E-state index >= 15 is 0 Å². The molecule has 0 spiro atoms. The Morgan fingerprint density at radius 3 is 1.47 bits per heavy atom. The number of benzene rings is 2. The van der Waals surface area contributed by atoms with E-state index in [-0.39, 0.29) is 0 Å². The Kier molecular flexibility index (Phi) is 3.85. The van der Waals surface area contributed by atoms with Crippen LogP contribution in [-0.4, -0.2) is 7.05 Å². The first-order valence-electron chi connectivity index (χ1n) is 5.60. The molecule has 0 unspecified atom stereocenters. The highest BCUT2D eigenvalue weighted by Crippen LogP contribution is 2.24. The number of rotatable bonds is 3. The zero-order valence-electron chi connectivity index (χ0n) is 10.1. The minimum absolute atomic E-state index is 0.424. The van der Waals surface area contributed by atoms with Gasteiger partial charge >= 0.3 is 0 Å². The second-order valence-electron chi connectivity index (χ2n) is 4.07. The molecular formula is C14H11F4N. The van der Waals surface area contributed by atoms with Crippen LogP contribution in [0.25, 0.3) is 0 Å². The lowest BCUT2D eigenvalue weighted by Gasteiger charge is -2.17. The predicted octanol–water partition coefficient (Wildman–Crippen LogP) is 3.55. The van der Waals surface area contributed by atoms with E-state index in [0.29, 0.717) is 11.1 Å². The second-order valence-corrected chi connectivity index (χ2v) is 4.07. The highest BCUT2D eigenvalue weighted by atomic mass is 19.2. The number of halogens is 4. The lowest BCUT2D eigenvalue weighted by molar-refractivity contribution is 0.501. The summed E-state index contributed by atoms with van der Waals surface area (Å²) >= 11 is 0. The zero-order valence-corrected chi connectivity index (χ0v) is 10.1. The van der Waals surface area contributed by atoms with Crippen LogP contribution in [-0.2, 0) is 0 Å². The molecule has 0 atom stereocenters. The van der Waals surface area contributed by atoms with E-state index in [9.17, 15) is 17.6 Å². The van der Waals surface area contributed by atoms with Crippen LogP contribution >= 0.6 is 0 Å². The van der Waals surface area contributed by atoms with Crippen LogP contribution in [0.5, 0.6) is 0 Å². The van der Waals surface area contributed by atoms with Gasteiger partial charge in [0.2, 0.25) is 0 Å². The maximum atomic E-state index is 13.2. The van der Waals surface area contributed by atoms with Crippen LogP contribution in [0.2, 0.25) is 0 Å². The molecule has 0 aliphatic heterocycles. The third kappa shape index (κ3) is 2.76. The van der Waals surface area contributed by atoms with Crippen LogP contribution in [0.1, 0.15) is 17.2 Å². The van der Waals surface area contributed by atoms with E-state index in [2.05, 4.69) is 5.32 Å². The molecule has 100 valence electrons. The second kappa shape index (κ2) is 5.40. The Hall–Kier alpha value is -1.88. The van der Waals surface area contributed by atoms with Gasteiger partial charge in [-0.05, 0) is 42.4 Å². The molecule has 2 aromatic rings. The molecule has 0 aliphatic carbocycles. The predicted molar refractivity (Wildman–Crippen MR) is 63.6 cm³/mol. The molecule has 0 amide bonds. The molecule has 1 nitrogen and oxygen atoms in total. The summed E-state index contributed by atoms with van der Waals surface area (Å²) in [6.45, 7) is 0. The van der Waals surface area contributed by atoms with Crippen molar-refractivity contribution in [1.82, 2.24) is 5.32 Å². The summed E-state index contributed by atoms with van der Waals surface area (Å²) in [5.41, 5.74) is 0.847. The third-order valence-electron chi connectivity index (χ3n) is 2.84. The third-order valence-corrected chi connectivity index (χ3v) is 2.84. The zero-order chi connectivity index (χ0) is 14.0. The van der Waals surface area contributed by atoms with Crippen molar-refractivity contribution in [2.45, 2.75) is 6.04 Å². The lowest BCUT2D eigenvalue weighted by Crippen LogP contribution is -2.18. The van der Waals surface area contributed by atoms with E-state index in [1.807, 2.05) is 0 Å². The molecule has 0 heterocycles. The first-order valence-corrected chi connectivity index (χ1v) is 5.60. The monoisotopic (exact) mass is 269 g/mol. The maximum Gasteiger partial charge on any atom is 0.159 e. The average molecular weight is 269 g/mol. The van der Waals surface area contributed by atoms with Crippen molar-refractivity contribution in [1.29, 1.82) is 0 Å². The minimum Gasteiger partial charge on any atom is -0.309 e. The number of nitrogens with one attached hydrogen (secondary N) is 1. The number of hydrogen-bond donors (Lipinski definition) is 1. The molecule has 0 aliphatic rings. The van der Waals surface area contributed by atoms with Gasteiger partial charge in [-0.25, -0.2) is 17.6 Å². The smallest absolute Gasteiger partial charge is 0.159 e. The van der Waals surface area contributed by atoms with Crippen LogP contribution in [0, 0.1) is 23.3 Å². The summed E-state index contributed by atoms with van der Waals surface area (Å²) in [7, 11) is 1.59. The van der Waals surface area contributed by atoms with Crippen molar-refractivity contribution in [3.05, 3.63) is 70.8 Å². The van der Waals surface area contributed by atoms with Gasteiger partial charge in [-0.2, -0.15) is 0 Å². The van der Waals surface area contributed by atoms with E-state index in [0.717, 1.165) is 24.3 Å². The Balaban J connectivity index is 2.43. The Morgan fingerprint density at radius 1 is 0.737 bits per heavy atom. The van der Waals surface area contributed by atoms with Gasteiger partial charge in [0.1, 0.15) is 0 Å². The molecule has 0 radical (unpaired) electrons. The van der Waals surface area contributed by atoms with Gasteiger partial charge in [-0.3, -0.25) is 0 Å². The Morgan fingerprint density at radius 2 is 1.16 bits per heavy atom. The van der Waals surface area contributed by atoms with Crippen LogP contribution in [0.3, 0.4) is 0 Å². The fourth-order valence-electron chi connectivity index (χ4n) is 1.91. The molecule has 0 saturated heterocycles. The van der Waals surface area contributed by atoms with Crippen molar-refractivity contribution >= 4 is 0 Å². The highest BCUT2D eigenvalue weighted by Gasteiger charge is 2.16. The molecule has 0 bridgehead atoms. The summed E-state index contributed by atoms with van der Waals surface area (Å²) in [6, 6.07) is 6.27. The van der Waals surface area contributed by atoms with Crippen molar-refractivity contribution in [3.63, 3.8) is 0 Å². The van der Waals surface area contributed by atoms with Gasteiger partial charge in [-0.15, -0.1) is 0 Å². The molecule has 19 heavy (non-hydrogen) atoms. The lowest BCUT2D eigenvalue weighted by atomic mass is 9.98. The molecular weight excluding hydrogens is 258 g/mol. The van der Waals surface area contributed by atoms with Gasteiger partial charge in [-0.1, -0.05) is 12.1 Å². The summed E-state index contributed by atoms with van der Waals surface area (Å²) in [5.74, 6) is -3.88. The Labute approximate surface area is 107 Å². The standard InChI is InChI=1S/C14H11F4N/c1-19-14(8-2-4-10(15)12(17)6-8)9-3-5-11(16)13(18)7-9/h2-7,14,19H,1H3. The maximum absolute atomic E-state index is 13.2. The average Bonchev–Trinajstić information content (AvgIpc) is 2.39. The molecule has 0 aromatic heterocycles. The molecule has 0 fully saturated rings. The summed E-state index contributed by atoms with van der Waals surface area (Å²) < 4.78 is 52.2. The molecule has 2 rings (SSSR count). The van der Waals surface area contributed by atoms with Gasteiger partial charge in [0.15, 0.2) is 23.3 Å². The van der Waals surface area contributed by atoms with Crippen LogP contribution < -0.4 is 5.32 Å². The van der Waals surface area contributed by atoms with Crippen molar-refractivity contribution < 1.29 is 17.6 Å². The fraction of sp³-hybridized carbons (Fsp3) is 0.143. The summed E-state index contributed by atoms with van der Waals surface area (Å²) in [5, 5.41) is 2.85. The molecule has 0 saturated carbocycles. The molecule has 1 N–H and O–H groups in total. The quantitative estimate of drug-likeness (QED) is 0.840. The minimum atomic E-state index is -0.986. The van der Waals surface area contributed by atoms with Crippen LogP contribution in [0.4, 0.5) is 17.6 Å². The SMILES string of the molecule is CNC(c1ccc(F)c(F)c1)c1ccc(F)c(F)c1. The Bertz CT molecular complexity index is 546. The van der Waals surface area contributed by atoms with Gasteiger partial charge in [0.25, 0.3) is 0 Å². The van der Waals surface area contributed by atoms with Gasteiger partial charge < -0.3 is 5.32 Å². The normalized spacial score (nSPS) is 11.1. The molecule has 2 aromatic carbocycles. The van der Waals surface area contributed by atoms with Gasteiger partial charge in [0.05, 0.1) is 6.04 Å². The summed E-state index contributed by atoms with van der Waals surface area (Å²) in [6.07, 6.45) is 0. The van der Waals surface area contributed by atoms with E-state index in [1.54, 1.807) is 7.05 Å². The van der Waals surface area contributed by atoms with Crippen molar-refractivity contribution in [2.75, 3.05) is 7.05 Å².